The standard InChI is InChI=1S/C31H37NO6/c1-3-36-28-27(22-35-20-25-15-9-5-10-16-25)38-31(34,19-24-13-7-4-8-14-24)30(32-23(2)33)29(28)37-21-26-17-11-6-12-18-26/h4-18,27-30,34H,3,19-22H2,1-2H3,(H,32,33)/t27-,28-,29+,30-,31+/m1/s1. The van der Waals surface area contributed by atoms with Gasteiger partial charge in [-0.1, -0.05) is 91.0 Å². The van der Waals surface area contributed by atoms with Gasteiger partial charge in [0.25, 0.3) is 0 Å². The van der Waals surface area contributed by atoms with Crippen LogP contribution in [0.25, 0.3) is 0 Å². The van der Waals surface area contributed by atoms with Crippen molar-refractivity contribution in [3.8, 4) is 0 Å². The van der Waals surface area contributed by atoms with Crippen LogP contribution >= 0.6 is 0 Å². The Morgan fingerprint density at radius 1 is 0.842 bits per heavy atom. The molecule has 0 aliphatic carbocycles. The Labute approximate surface area is 224 Å². The average molecular weight is 520 g/mol. The van der Waals surface area contributed by atoms with Crippen LogP contribution in [0.4, 0.5) is 0 Å². The van der Waals surface area contributed by atoms with E-state index in [1.54, 1.807) is 0 Å². The highest BCUT2D eigenvalue weighted by atomic mass is 16.7. The van der Waals surface area contributed by atoms with Gasteiger partial charge in [0.05, 0.1) is 19.8 Å². The molecule has 3 aromatic carbocycles. The highest BCUT2D eigenvalue weighted by Crippen LogP contribution is 2.35. The van der Waals surface area contributed by atoms with Crippen LogP contribution in [0, 0.1) is 0 Å². The Bertz CT molecular complexity index is 1110. The molecule has 4 rings (SSSR count). The monoisotopic (exact) mass is 519 g/mol. The van der Waals surface area contributed by atoms with Gasteiger partial charge in [-0.25, -0.2) is 0 Å². The molecule has 2 N–H and O–H groups in total. The molecular weight excluding hydrogens is 482 g/mol. The number of carbonyl (C=O) groups is 1. The first-order valence-electron chi connectivity index (χ1n) is 13.1. The third kappa shape index (κ3) is 7.49. The Morgan fingerprint density at radius 2 is 1.39 bits per heavy atom. The zero-order chi connectivity index (χ0) is 26.8. The minimum atomic E-state index is -1.76. The van der Waals surface area contributed by atoms with E-state index in [1.165, 1.54) is 6.92 Å². The number of aliphatic hydroxyl groups is 1. The van der Waals surface area contributed by atoms with Crippen molar-refractivity contribution in [3.63, 3.8) is 0 Å². The maximum Gasteiger partial charge on any atom is 0.217 e. The van der Waals surface area contributed by atoms with E-state index in [0.717, 1.165) is 16.7 Å². The fourth-order valence-corrected chi connectivity index (χ4v) is 4.86. The van der Waals surface area contributed by atoms with E-state index in [-0.39, 0.29) is 25.5 Å². The molecular formula is C31H37NO6. The largest absolute Gasteiger partial charge is 0.374 e. The van der Waals surface area contributed by atoms with Gasteiger partial charge in [-0.3, -0.25) is 4.79 Å². The number of nitrogens with one attached hydrogen (secondary N) is 1. The van der Waals surface area contributed by atoms with Gasteiger partial charge >= 0.3 is 0 Å². The van der Waals surface area contributed by atoms with Gasteiger partial charge < -0.3 is 29.4 Å². The molecule has 0 saturated carbocycles. The molecule has 0 bridgehead atoms. The first kappa shape index (κ1) is 28.0. The minimum Gasteiger partial charge on any atom is -0.374 e. The van der Waals surface area contributed by atoms with Crippen LogP contribution in [-0.4, -0.2) is 54.4 Å². The van der Waals surface area contributed by atoms with E-state index in [4.69, 9.17) is 18.9 Å². The molecule has 7 nitrogen and oxygen atoms in total. The second-order valence-corrected chi connectivity index (χ2v) is 9.52. The second-order valence-electron chi connectivity index (χ2n) is 9.52. The second kappa shape index (κ2) is 13.6. The topological polar surface area (TPSA) is 86.3 Å². The lowest BCUT2D eigenvalue weighted by Gasteiger charge is -2.50. The molecule has 1 aliphatic heterocycles. The van der Waals surface area contributed by atoms with E-state index in [2.05, 4.69) is 5.32 Å². The molecule has 0 aromatic heterocycles. The third-order valence-corrected chi connectivity index (χ3v) is 6.56. The van der Waals surface area contributed by atoms with E-state index < -0.39 is 30.1 Å². The molecule has 202 valence electrons. The lowest BCUT2D eigenvalue weighted by molar-refractivity contribution is -0.330. The van der Waals surface area contributed by atoms with Gasteiger partial charge in [0, 0.05) is 20.0 Å². The summed E-state index contributed by atoms with van der Waals surface area (Å²) in [4.78, 5) is 12.3. The summed E-state index contributed by atoms with van der Waals surface area (Å²) in [6.45, 7) is 4.56. The van der Waals surface area contributed by atoms with E-state index in [9.17, 15) is 9.90 Å². The van der Waals surface area contributed by atoms with Crippen molar-refractivity contribution >= 4 is 5.91 Å². The van der Waals surface area contributed by atoms with Crippen molar-refractivity contribution in [1.82, 2.24) is 5.32 Å². The van der Waals surface area contributed by atoms with E-state index >= 15 is 0 Å². The van der Waals surface area contributed by atoms with Gasteiger partial charge in [0.15, 0.2) is 5.79 Å². The number of carbonyl (C=O) groups excluding carboxylic acids is 1. The molecule has 1 saturated heterocycles. The predicted octanol–water partition coefficient (Wildman–Crippen LogP) is 4.03. The fourth-order valence-electron chi connectivity index (χ4n) is 4.86. The normalized spacial score (nSPS) is 25.1. The third-order valence-electron chi connectivity index (χ3n) is 6.56. The zero-order valence-electron chi connectivity index (χ0n) is 22.0. The average Bonchev–Trinajstić information content (AvgIpc) is 2.92. The Kier molecular flexibility index (Phi) is 10.0. The summed E-state index contributed by atoms with van der Waals surface area (Å²) in [6, 6.07) is 28.3. The summed E-state index contributed by atoms with van der Waals surface area (Å²) >= 11 is 0. The first-order valence-corrected chi connectivity index (χ1v) is 13.1. The molecule has 38 heavy (non-hydrogen) atoms. The molecule has 0 unspecified atom stereocenters. The van der Waals surface area contributed by atoms with Gasteiger partial charge in [-0.2, -0.15) is 0 Å². The molecule has 0 radical (unpaired) electrons. The van der Waals surface area contributed by atoms with Crippen molar-refractivity contribution < 1.29 is 28.8 Å². The number of ether oxygens (including phenoxy) is 4. The number of hydrogen-bond donors (Lipinski definition) is 2. The molecule has 5 atom stereocenters. The summed E-state index contributed by atoms with van der Waals surface area (Å²) < 4.78 is 25.0. The van der Waals surface area contributed by atoms with Gasteiger partial charge in [0.1, 0.15) is 24.4 Å². The van der Waals surface area contributed by atoms with Crippen molar-refractivity contribution in [1.29, 1.82) is 0 Å². The van der Waals surface area contributed by atoms with Gasteiger partial charge in [-0.15, -0.1) is 0 Å². The van der Waals surface area contributed by atoms with E-state index in [0.29, 0.717) is 13.2 Å². The molecule has 1 amide bonds. The predicted molar refractivity (Wildman–Crippen MR) is 144 cm³/mol. The van der Waals surface area contributed by atoms with Crippen molar-refractivity contribution in [2.24, 2.45) is 0 Å². The SMILES string of the molecule is CCO[C@H]1[C@H](OCc2ccccc2)[C@@H](NC(C)=O)[C@](O)(Cc2ccccc2)O[C@@H]1COCc1ccccc1. The van der Waals surface area contributed by atoms with Crippen LogP contribution < -0.4 is 5.32 Å². The number of rotatable bonds is 12. The smallest absolute Gasteiger partial charge is 0.217 e. The van der Waals surface area contributed by atoms with Crippen LogP contribution in [0.1, 0.15) is 30.5 Å². The maximum atomic E-state index is 12.3. The Morgan fingerprint density at radius 3 is 1.95 bits per heavy atom. The Hall–Kier alpha value is -3.07. The zero-order valence-corrected chi connectivity index (χ0v) is 22.0. The minimum absolute atomic E-state index is 0.151. The highest BCUT2D eigenvalue weighted by molar-refractivity contribution is 5.73. The van der Waals surface area contributed by atoms with Crippen LogP contribution in [0.3, 0.4) is 0 Å². The Balaban J connectivity index is 1.63. The summed E-state index contributed by atoms with van der Waals surface area (Å²) in [7, 11) is 0. The quantitative estimate of drug-likeness (QED) is 0.376. The fraction of sp³-hybridized carbons (Fsp3) is 0.387. The molecule has 3 aromatic rings. The number of hydrogen-bond acceptors (Lipinski definition) is 6. The van der Waals surface area contributed by atoms with Crippen molar-refractivity contribution in [2.45, 2.75) is 63.6 Å². The molecule has 1 heterocycles. The molecule has 7 heteroatoms. The first-order chi connectivity index (χ1) is 18.5. The number of amides is 1. The lowest BCUT2D eigenvalue weighted by Crippen LogP contribution is -2.71. The van der Waals surface area contributed by atoms with Crippen LogP contribution in [0.2, 0.25) is 0 Å². The molecule has 1 aliphatic rings. The van der Waals surface area contributed by atoms with Crippen molar-refractivity contribution in [2.75, 3.05) is 13.2 Å². The van der Waals surface area contributed by atoms with Crippen molar-refractivity contribution in [3.05, 3.63) is 108 Å². The summed E-state index contributed by atoms with van der Waals surface area (Å²) in [6.07, 6.45) is -1.78. The summed E-state index contributed by atoms with van der Waals surface area (Å²) in [5, 5.41) is 15.0. The summed E-state index contributed by atoms with van der Waals surface area (Å²) in [5.41, 5.74) is 2.87. The van der Waals surface area contributed by atoms with Crippen LogP contribution in [0.5, 0.6) is 0 Å². The maximum absolute atomic E-state index is 12.3. The van der Waals surface area contributed by atoms with Crippen LogP contribution in [-0.2, 0) is 43.4 Å². The van der Waals surface area contributed by atoms with Gasteiger partial charge in [0.2, 0.25) is 5.91 Å². The number of benzene rings is 3. The highest BCUT2D eigenvalue weighted by Gasteiger charge is 2.55. The van der Waals surface area contributed by atoms with Gasteiger partial charge in [-0.05, 0) is 23.6 Å². The molecule has 1 fully saturated rings. The van der Waals surface area contributed by atoms with E-state index in [1.807, 2.05) is 97.9 Å². The molecule has 0 spiro atoms. The summed E-state index contributed by atoms with van der Waals surface area (Å²) in [5.74, 6) is -2.06. The van der Waals surface area contributed by atoms with Crippen LogP contribution in [0.15, 0.2) is 91.0 Å². The lowest BCUT2D eigenvalue weighted by atomic mass is 9.86.